The summed E-state index contributed by atoms with van der Waals surface area (Å²) in [6.45, 7) is 4.80. The Hall–Kier alpha value is -1.00. The number of hydrogen-bond donors (Lipinski definition) is 1. The normalized spacial score (nSPS) is 16.4. The highest BCUT2D eigenvalue weighted by molar-refractivity contribution is 7.98. The van der Waals surface area contributed by atoms with Crippen molar-refractivity contribution in [2.45, 2.75) is 37.1 Å². The van der Waals surface area contributed by atoms with Gasteiger partial charge in [-0.05, 0) is 43.7 Å². The Balaban J connectivity index is 1.73. The molecule has 0 aliphatic carbocycles. The van der Waals surface area contributed by atoms with E-state index in [0.29, 0.717) is 12.3 Å². The van der Waals surface area contributed by atoms with E-state index in [4.69, 9.17) is 0 Å². The molecule has 1 unspecified atom stereocenters. The molecule has 0 aromatic heterocycles. The van der Waals surface area contributed by atoms with Crippen molar-refractivity contribution in [2.24, 2.45) is 0 Å². The molecule has 1 heterocycles. The van der Waals surface area contributed by atoms with E-state index in [2.05, 4.69) is 42.8 Å². The van der Waals surface area contributed by atoms with Crippen LogP contribution in [0.4, 0.5) is 0 Å². The zero-order valence-corrected chi connectivity index (χ0v) is 13.2. The van der Waals surface area contributed by atoms with Crippen molar-refractivity contribution in [3.63, 3.8) is 0 Å². The molecule has 2 rings (SSSR count). The van der Waals surface area contributed by atoms with Gasteiger partial charge < -0.3 is 10.2 Å². The van der Waals surface area contributed by atoms with E-state index in [1.54, 1.807) is 11.8 Å². The maximum Gasteiger partial charge on any atom is 0.223 e. The summed E-state index contributed by atoms with van der Waals surface area (Å²) in [6, 6.07) is 8.90. The van der Waals surface area contributed by atoms with Crippen LogP contribution in [0.1, 0.15) is 37.8 Å². The van der Waals surface area contributed by atoms with Crippen molar-refractivity contribution in [2.75, 3.05) is 25.9 Å². The van der Waals surface area contributed by atoms with Gasteiger partial charge in [-0.15, -0.1) is 11.8 Å². The predicted octanol–water partition coefficient (Wildman–Crippen LogP) is 3.07. The summed E-state index contributed by atoms with van der Waals surface area (Å²) in [5, 5.41) is 3.44. The molecule has 1 amide bonds. The molecule has 4 heteroatoms. The fraction of sp³-hybridized carbons (Fsp3) is 0.562. The summed E-state index contributed by atoms with van der Waals surface area (Å²) in [4.78, 5) is 15.2. The summed E-state index contributed by atoms with van der Waals surface area (Å²) in [5.41, 5.74) is 1.27. The lowest BCUT2D eigenvalue weighted by Crippen LogP contribution is -2.31. The number of benzene rings is 1. The van der Waals surface area contributed by atoms with E-state index in [1.165, 1.54) is 10.5 Å². The molecule has 1 saturated heterocycles. The predicted molar refractivity (Wildman–Crippen MR) is 85.1 cm³/mol. The molecule has 1 aliphatic heterocycles. The van der Waals surface area contributed by atoms with Gasteiger partial charge in [0.2, 0.25) is 5.91 Å². The molecule has 1 atom stereocenters. The van der Waals surface area contributed by atoms with Crippen LogP contribution in [0.2, 0.25) is 0 Å². The van der Waals surface area contributed by atoms with Crippen LogP contribution in [0.5, 0.6) is 0 Å². The van der Waals surface area contributed by atoms with Crippen LogP contribution >= 0.6 is 11.8 Å². The Bertz CT molecular complexity index is 427. The van der Waals surface area contributed by atoms with Gasteiger partial charge in [-0.3, -0.25) is 4.79 Å². The Morgan fingerprint density at radius 1 is 1.30 bits per heavy atom. The van der Waals surface area contributed by atoms with Gasteiger partial charge in [-0.1, -0.05) is 12.1 Å². The standard InChI is InChI=1S/C16H24N2OS/c1-13(14-5-7-15(20-2)8-6-14)17-10-9-16(19)18-11-3-4-12-18/h5-8,13,17H,3-4,9-12H2,1-2H3. The molecule has 0 radical (unpaired) electrons. The van der Waals surface area contributed by atoms with E-state index < -0.39 is 0 Å². The van der Waals surface area contributed by atoms with E-state index in [9.17, 15) is 4.79 Å². The van der Waals surface area contributed by atoms with Gasteiger partial charge in [-0.2, -0.15) is 0 Å². The number of hydrogen-bond acceptors (Lipinski definition) is 3. The van der Waals surface area contributed by atoms with E-state index in [0.717, 1.165) is 32.5 Å². The molecule has 20 heavy (non-hydrogen) atoms. The third kappa shape index (κ3) is 4.25. The maximum atomic E-state index is 11.9. The highest BCUT2D eigenvalue weighted by atomic mass is 32.2. The third-order valence-electron chi connectivity index (χ3n) is 3.86. The van der Waals surface area contributed by atoms with Gasteiger partial charge >= 0.3 is 0 Å². The molecular formula is C16H24N2OS. The quantitative estimate of drug-likeness (QED) is 0.818. The second kappa shape index (κ2) is 7.70. The summed E-state index contributed by atoms with van der Waals surface area (Å²) in [5.74, 6) is 0.292. The zero-order valence-electron chi connectivity index (χ0n) is 12.4. The van der Waals surface area contributed by atoms with Gasteiger partial charge in [-0.25, -0.2) is 0 Å². The van der Waals surface area contributed by atoms with Crippen molar-refractivity contribution in [1.82, 2.24) is 10.2 Å². The molecule has 1 aromatic carbocycles. The monoisotopic (exact) mass is 292 g/mol. The average Bonchev–Trinajstić information content (AvgIpc) is 3.01. The number of thioether (sulfide) groups is 1. The maximum absolute atomic E-state index is 11.9. The lowest BCUT2D eigenvalue weighted by molar-refractivity contribution is -0.130. The molecule has 0 saturated carbocycles. The fourth-order valence-electron chi connectivity index (χ4n) is 2.53. The van der Waals surface area contributed by atoms with Crippen LogP contribution in [0.15, 0.2) is 29.2 Å². The average molecular weight is 292 g/mol. The van der Waals surface area contributed by atoms with Crippen LogP contribution in [0.25, 0.3) is 0 Å². The number of amides is 1. The van der Waals surface area contributed by atoms with Gasteiger partial charge in [0.05, 0.1) is 0 Å². The van der Waals surface area contributed by atoms with Crippen molar-refractivity contribution in [1.29, 1.82) is 0 Å². The van der Waals surface area contributed by atoms with E-state index in [-0.39, 0.29) is 6.04 Å². The Labute approximate surface area is 126 Å². The third-order valence-corrected chi connectivity index (χ3v) is 4.61. The molecule has 3 nitrogen and oxygen atoms in total. The topological polar surface area (TPSA) is 32.3 Å². The number of nitrogens with one attached hydrogen (secondary N) is 1. The lowest BCUT2D eigenvalue weighted by Gasteiger charge is -2.17. The summed E-state index contributed by atoms with van der Waals surface area (Å²) < 4.78 is 0. The highest BCUT2D eigenvalue weighted by Crippen LogP contribution is 2.18. The smallest absolute Gasteiger partial charge is 0.223 e. The minimum Gasteiger partial charge on any atom is -0.343 e. The zero-order chi connectivity index (χ0) is 14.4. The first-order valence-electron chi connectivity index (χ1n) is 7.36. The molecule has 1 aromatic rings. The first kappa shape index (κ1) is 15.4. The molecule has 1 N–H and O–H groups in total. The minimum absolute atomic E-state index is 0.289. The lowest BCUT2D eigenvalue weighted by atomic mass is 10.1. The van der Waals surface area contributed by atoms with Gasteiger partial charge in [0.15, 0.2) is 0 Å². The summed E-state index contributed by atoms with van der Waals surface area (Å²) >= 11 is 1.75. The molecule has 0 bridgehead atoms. The highest BCUT2D eigenvalue weighted by Gasteiger charge is 2.17. The Kier molecular flexibility index (Phi) is 5.92. The molecule has 1 aliphatic rings. The van der Waals surface area contributed by atoms with Crippen LogP contribution in [0, 0.1) is 0 Å². The minimum atomic E-state index is 0.289. The molecule has 0 spiro atoms. The SMILES string of the molecule is CSc1ccc(C(C)NCCC(=O)N2CCCC2)cc1. The largest absolute Gasteiger partial charge is 0.343 e. The van der Waals surface area contributed by atoms with Crippen LogP contribution in [0.3, 0.4) is 0 Å². The number of rotatable bonds is 6. The second-order valence-corrected chi connectivity index (χ2v) is 6.17. The van der Waals surface area contributed by atoms with Crippen molar-refractivity contribution >= 4 is 17.7 Å². The first-order valence-corrected chi connectivity index (χ1v) is 8.58. The van der Waals surface area contributed by atoms with Gasteiger partial charge in [0.25, 0.3) is 0 Å². The number of carbonyl (C=O) groups is 1. The van der Waals surface area contributed by atoms with Crippen molar-refractivity contribution < 1.29 is 4.79 Å². The Morgan fingerprint density at radius 3 is 2.55 bits per heavy atom. The number of likely N-dealkylation sites (tertiary alicyclic amines) is 1. The summed E-state index contributed by atoms with van der Waals surface area (Å²) in [6.07, 6.45) is 5.02. The van der Waals surface area contributed by atoms with E-state index >= 15 is 0 Å². The van der Waals surface area contributed by atoms with Crippen LogP contribution in [-0.2, 0) is 4.79 Å². The van der Waals surface area contributed by atoms with Crippen molar-refractivity contribution in [3.05, 3.63) is 29.8 Å². The number of carbonyl (C=O) groups excluding carboxylic acids is 1. The van der Waals surface area contributed by atoms with Crippen LogP contribution in [-0.4, -0.2) is 36.7 Å². The van der Waals surface area contributed by atoms with Gasteiger partial charge in [0.1, 0.15) is 0 Å². The second-order valence-electron chi connectivity index (χ2n) is 5.29. The summed E-state index contributed by atoms with van der Waals surface area (Å²) in [7, 11) is 0. The van der Waals surface area contributed by atoms with Gasteiger partial charge in [0, 0.05) is 37.0 Å². The van der Waals surface area contributed by atoms with Crippen LogP contribution < -0.4 is 5.32 Å². The number of nitrogens with zero attached hydrogens (tertiary/aromatic N) is 1. The van der Waals surface area contributed by atoms with E-state index in [1.807, 2.05) is 4.90 Å². The molecular weight excluding hydrogens is 268 g/mol. The molecule has 1 fully saturated rings. The first-order chi connectivity index (χ1) is 9.70. The molecule has 110 valence electrons. The Morgan fingerprint density at radius 2 is 1.95 bits per heavy atom. The van der Waals surface area contributed by atoms with Crippen molar-refractivity contribution in [3.8, 4) is 0 Å². The fourth-order valence-corrected chi connectivity index (χ4v) is 2.94.